The van der Waals surface area contributed by atoms with Gasteiger partial charge in [0.05, 0.1) is 30.9 Å². The largest absolute Gasteiger partial charge is 0.340 e. The summed E-state index contributed by atoms with van der Waals surface area (Å²) in [7, 11) is 4.29. The molecule has 3 rings (SSSR count). The molecule has 1 heterocycles. The third-order valence-electron chi connectivity index (χ3n) is 5.05. The number of thiazole rings is 1. The van der Waals surface area contributed by atoms with E-state index in [1.165, 1.54) is 21.6 Å². The molecule has 0 spiro atoms. The van der Waals surface area contributed by atoms with Gasteiger partial charge in [-0.1, -0.05) is 41.7 Å². The summed E-state index contributed by atoms with van der Waals surface area (Å²) in [6, 6.07) is 14.5. The summed E-state index contributed by atoms with van der Waals surface area (Å²) in [5.74, 6) is 0.158. The Balaban J connectivity index is 1.80. The number of rotatable bonds is 8. The Morgan fingerprint density at radius 1 is 1.11 bits per heavy atom. The van der Waals surface area contributed by atoms with Gasteiger partial charge in [-0.2, -0.15) is 0 Å². The van der Waals surface area contributed by atoms with Crippen LogP contribution >= 0.6 is 11.3 Å². The van der Waals surface area contributed by atoms with E-state index in [9.17, 15) is 4.79 Å². The number of aryl methyl sites for hydroxylation is 3. The van der Waals surface area contributed by atoms with Crippen LogP contribution in [0.4, 0.5) is 5.13 Å². The summed E-state index contributed by atoms with van der Waals surface area (Å²) in [6.45, 7) is 5.98. The predicted molar refractivity (Wildman–Crippen MR) is 119 cm³/mol. The molecule has 1 N–H and O–H groups in total. The first-order chi connectivity index (χ1) is 13.4. The van der Waals surface area contributed by atoms with Gasteiger partial charge in [-0.25, -0.2) is 4.98 Å². The van der Waals surface area contributed by atoms with E-state index in [0.29, 0.717) is 6.42 Å². The van der Waals surface area contributed by atoms with Crippen LogP contribution in [0, 0.1) is 13.8 Å². The molecule has 0 radical (unpaired) electrons. The first kappa shape index (κ1) is 20.5. The number of carbonyl (C=O) groups excluding carboxylic acids is 1. The maximum atomic E-state index is 13.1. The molecular formula is C23H30N3OS+. The van der Waals surface area contributed by atoms with E-state index in [4.69, 9.17) is 4.98 Å². The summed E-state index contributed by atoms with van der Waals surface area (Å²) >= 11 is 1.62. The van der Waals surface area contributed by atoms with Crippen molar-refractivity contribution >= 4 is 32.6 Å². The molecule has 0 saturated carbocycles. The highest BCUT2D eigenvalue weighted by molar-refractivity contribution is 7.22. The molecule has 0 saturated heterocycles. The number of nitrogens with zero attached hydrogens (tertiary/aromatic N) is 2. The molecule has 1 amide bonds. The van der Waals surface area contributed by atoms with Crippen LogP contribution in [0.5, 0.6) is 0 Å². The zero-order chi connectivity index (χ0) is 20.1. The highest BCUT2D eigenvalue weighted by Crippen LogP contribution is 2.31. The Hall–Kier alpha value is -2.24. The molecule has 0 aliphatic heterocycles. The van der Waals surface area contributed by atoms with Crippen LogP contribution in [0.1, 0.15) is 29.5 Å². The molecule has 0 aliphatic carbocycles. The highest BCUT2D eigenvalue weighted by atomic mass is 32.1. The SMILES string of the molecule is Cc1cc2nc(N(CCC[NH+](C)C)C(=O)CCc3ccccc3)sc2cc1C. The lowest BCUT2D eigenvalue weighted by Gasteiger charge is -2.20. The lowest BCUT2D eigenvalue weighted by atomic mass is 10.1. The Morgan fingerprint density at radius 2 is 1.82 bits per heavy atom. The van der Waals surface area contributed by atoms with Crippen molar-refractivity contribution in [2.45, 2.75) is 33.1 Å². The van der Waals surface area contributed by atoms with Crippen LogP contribution in [0.2, 0.25) is 0 Å². The number of hydrogen-bond acceptors (Lipinski definition) is 3. The molecule has 0 atom stereocenters. The standard InChI is InChI=1S/C23H29N3OS/c1-17-15-20-21(16-18(17)2)28-23(24-20)26(14-8-13-25(3)4)22(27)12-11-19-9-6-5-7-10-19/h5-7,9-10,15-16H,8,11-14H2,1-4H3/p+1. The van der Waals surface area contributed by atoms with Gasteiger partial charge in [0.1, 0.15) is 0 Å². The van der Waals surface area contributed by atoms with E-state index in [-0.39, 0.29) is 5.91 Å². The van der Waals surface area contributed by atoms with Gasteiger partial charge >= 0.3 is 0 Å². The van der Waals surface area contributed by atoms with Crippen molar-refractivity contribution in [1.29, 1.82) is 0 Å². The number of carbonyl (C=O) groups is 1. The highest BCUT2D eigenvalue weighted by Gasteiger charge is 2.20. The summed E-state index contributed by atoms with van der Waals surface area (Å²) < 4.78 is 1.15. The van der Waals surface area contributed by atoms with Gasteiger partial charge in [-0.3, -0.25) is 9.69 Å². The summed E-state index contributed by atoms with van der Waals surface area (Å²) in [4.78, 5) is 21.2. The number of nitrogens with one attached hydrogen (secondary N) is 1. The van der Waals surface area contributed by atoms with Gasteiger partial charge in [0, 0.05) is 19.4 Å². The Bertz CT molecular complexity index is 895. The number of fused-ring (bicyclic) bond motifs is 1. The minimum Gasteiger partial charge on any atom is -0.340 e. The van der Waals surface area contributed by atoms with Crippen LogP contribution in [-0.2, 0) is 11.2 Å². The Labute approximate surface area is 171 Å². The minimum atomic E-state index is 0.158. The van der Waals surface area contributed by atoms with Crippen LogP contribution in [0.15, 0.2) is 42.5 Å². The normalized spacial score (nSPS) is 11.3. The molecule has 2 aromatic carbocycles. The van der Waals surface area contributed by atoms with E-state index in [1.54, 1.807) is 11.3 Å². The molecule has 1 aromatic heterocycles. The van der Waals surface area contributed by atoms with E-state index < -0.39 is 0 Å². The first-order valence-electron chi connectivity index (χ1n) is 9.95. The molecule has 148 valence electrons. The average molecular weight is 397 g/mol. The van der Waals surface area contributed by atoms with Gasteiger partial charge in [0.15, 0.2) is 5.13 Å². The second-order valence-corrected chi connectivity index (χ2v) is 8.75. The topological polar surface area (TPSA) is 37.6 Å². The predicted octanol–water partition coefficient (Wildman–Crippen LogP) is 3.41. The molecule has 0 unspecified atom stereocenters. The summed E-state index contributed by atoms with van der Waals surface area (Å²) in [5, 5.41) is 0.826. The van der Waals surface area contributed by atoms with E-state index in [1.807, 2.05) is 23.1 Å². The molecule has 0 bridgehead atoms. The van der Waals surface area contributed by atoms with E-state index in [0.717, 1.165) is 41.3 Å². The Morgan fingerprint density at radius 3 is 2.54 bits per heavy atom. The molecular weight excluding hydrogens is 366 g/mol. The van der Waals surface area contributed by atoms with Crippen molar-refractivity contribution in [3.8, 4) is 0 Å². The molecule has 4 nitrogen and oxygen atoms in total. The van der Waals surface area contributed by atoms with Crippen molar-refractivity contribution in [2.75, 3.05) is 32.1 Å². The van der Waals surface area contributed by atoms with Crippen molar-refractivity contribution in [3.63, 3.8) is 0 Å². The summed E-state index contributed by atoms with van der Waals surface area (Å²) in [6.07, 6.45) is 2.23. The van der Waals surface area contributed by atoms with Crippen LogP contribution in [0.25, 0.3) is 10.2 Å². The smallest absolute Gasteiger partial charge is 0.229 e. The second kappa shape index (κ2) is 9.30. The van der Waals surface area contributed by atoms with Gasteiger partial charge in [0.25, 0.3) is 0 Å². The van der Waals surface area contributed by atoms with Crippen molar-refractivity contribution in [2.24, 2.45) is 0 Å². The van der Waals surface area contributed by atoms with Gasteiger partial charge in [0.2, 0.25) is 5.91 Å². The number of amides is 1. The maximum Gasteiger partial charge on any atom is 0.229 e. The summed E-state index contributed by atoms with van der Waals surface area (Å²) in [5.41, 5.74) is 4.69. The van der Waals surface area contributed by atoms with Crippen LogP contribution in [0.3, 0.4) is 0 Å². The zero-order valence-corrected chi connectivity index (χ0v) is 18.1. The van der Waals surface area contributed by atoms with Gasteiger partial charge in [-0.05, 0) is 49.1 Å². The third kappa shape index (κ3) is 5.18. The maximum absolute atomic E-state index is 13.1. The van der Waals surface area contributed by atoms with E-state index in [2.05, 4.69) is 52.2 Å². The lowest BCUT2D eigenvalue weighted by Crippen LogP contribution is -3.05. The number of anilines is 1. The van der Waals surface area contributed by atoms with Crippen molar-refractivity contribution in [3.05, 3.63) is 59.2 Å². The fourth-order valence-corrected chi connectivity index (χ4v) is 4.32. The van der Waals surface area contributed by atoms with Crippen molar-refractivity contribution in [1.82, 2.24) is 4.98 Å². The molecule has 5 heteroatoms. The molecule has 0 fully saturated rings. The number of quaternary nitrogens is 1. The number of benzene rings is 2. The van der Waals surface area contributed by atoms with Gasteiger partial charge < -0.3 is 4.90 Å². The fourth-order valence-electron chi connectivity index (χ4n) is 3.23. The lowest BCUT2D eigenvalue weighted by molar-refractivity contribution is -0.858. The van der Waals surface area contributed by atoms with Crippen LogP contribution < -0.4 is 9.80 Å². The zero-order valence-electron chi connectivity index (χ0n) is 17.3. The Kier molecular flexibility index (Phi) is 6.81. The van der Waals surface area contributed by atoms with Crippen LogP contribution in [-0.4, -0.2) is 38.1 Å². The van der Waals surface area contributed by atoms with Gasteiger partial charge in [-0.15, -0.1) is 0 Å². The monoisotopic (exact) mass is 396 g/mol. The van der Waals surface area contributed by atoms with Crippen molar-refractivity contribution < 1.29 is 9.69 Å². The quantitative estimate of drug-likeness (QED) is 0.634. The number of aromatic nitrogens is 1. The minimum absolute atomic E-state index is 0.158. The molecule has 3 aromatic rings. The second-order valence-electron chi connectivity index (χ2n) is 7.74. The fraction of sp³-hybridized carbons (Fsp3) is 0.391. The average Bonchev–Trinajstić information content (AvgIpc) is 3.06. The molecule has 28 heavy (non-hydrogen) atoms. The first-order valence-corrected chi connectivity index (χ1v) is 10.8. The molecule has 0 aliphatic rings. The third-order valence-corrected chi connectivity index (χ3v) is 6.09. The van der Waals surface area contributed by atoms with E-state index >= 15 is 0 Å². The number of hydrogen-bond donors (Lipinski definition) is 1.